The Morgan fingerprint density at radius 3 is 2.78 bits per heavy atom. The summed E-state index contributed by atoms with van der Waals surface area (Å²) in [5, 5.41) is 12.2. The van der Waals surface area contributed by atoms with E-state index in [1.54, 1.807) is 38.4 Å². The second-order valence-electron chi connectivity index (χ2n) is 4.97. The molecule has 0 saturated carbocycles. The SMILES string of the molecule is COc1ccccc1-n1ccc2c(nnc3nc(C)nn32)c1=O. The summed E-state index contributed by atoms with van der Waals surface area (Å²) in [6.45, 7) is 1.76. The van der Waals surface area contributed by atoms with Gasteiger partial charge >= 0.3 is 0 Å². The molecule has 0 aliphatic heterocycles. The zero-order chi connectivity index (χ0) is 16.0. The lowest BCUT2D eigenvalue weighted by atomic mass is 10.2. The highest BCUT2D eigenvalue weighted by Crippen LogP contribution is 2.21. The van der Waals surface area contributed by atoms with Crippen molar-refractivity contribution in [2.45, 2.75) is 6.92 Å². The van der Waals surface area contributed by atoms with Crippen LogP contribution in [-0.4, -0.2) is 36.5 Å². The molecular formula is C15H12N6O2. The Morgan fingerprint density at radius 2 is 1.96 bits per heavy atom. The summed E-state index contributed by atoms with van der Waals surface area (Å²) in [4.78, 5) is 16.9. The number of benzene rings is 1. The van der Waals surface area contributed by atoms with E-state index in [1.165, 1.54) is 9.08 Å². The Labute approximate surface area is 130 Å². The highest BCUT2D eigenvalue weighted by molar-refractivity contribution is 5.75. The van der Waals surface area contributed by atoms with E-state index in [0.717, 1.165) is 0 Å². The number of pyridine rings is 1. The van der Waals surface area contributed by atoms with Crippen molar-refractivity contribution >= 4 is 16.8 Å². The van der Waals surface area contributed by atoms with Crippen molar-refractivity contribution in [3.8, 4) is 11.4 Å². The Hall–Kier alpha value is -3.29. The average molecular weight is 308 g/mol. The lowest BCUT2D eigenvalue weighted by Crippen LogP contribution is -2.20. The molecule has 0 bridgehead atoms. The Morgan fingerprint density at radius 1 is 1.13 bits per heavy atom. The van der Waals surface area contributed by atoms with E-state index in [9.17, 15) is 4.79 Å². The smallest absolute Gasteiger partial charge is 0.285 e. The van der Waals surface area contributed by atoms with Crippen LogP contribution in [0.2, 0.25) is 0 Å². The third-order valence-electron chi connectivity index (χ3n) is 3.55. The lowest BCUT2D eigenvalue weighted by molar-refractivity contribution is 0.412. The van der Waals surface area contributed by atoms with E-state index >= 15 is 0 Å². The van der Waals surface area contributed by atoms with Crippen molar-refractivity contribution in [3.63, 3.8) is 0 Å². The third kappa shape index (κ3) is 1.95. The van der Waals surface area contributed by atoms with Crippen LogP contribution in [0.3, 0.4) is 0 Å². The number of hydrogen-bond donors (Lipinski definition) is 0. The summed E-state index contributed by atoms with van der Waals surface area (Å²) in [7, 11) is 1.56. The molecule has 4 rings (SSSR count). The Bertz CT molecular complexity index is 1100. The summed E-state index contributed by atoms with van der Waals surface area (Å²) >= 11 is 0. The molecule has 23 heavy (non-hydrogen) atoms. The normalized spacial score (nSPS) is 11.2. The van der Waals surface area contributed by atoms with E-state index in [4.69, 9.17) is 4.74 Å². The maximum Gasteiger partial charge on any atom is 0.285 e. The molecule has 8 heteroatoms. The van der Waals surface area contributed by atoms with Crippen LogP contribution in [0.25, 0.3) is 22.5 Å². The first kappa shape index (κ1) is 13.4. The summed E-state index contributed by atoms with van der Waals surface area (Å²) < 4.78 is 8.31. The van der Waals surface area contributed by atoms with E-state index in [0.29, 0.717) is 28.6 Å². The van der Waals surface area contributed by atoms with E-state index in [-0.39, 0.29) is 11.1 Å². The first-order chi connectivity index (χ1) is 11.2. The van der Waals surface area contributed by atoms with Crippen molar-refractivity contribution in [2.24, 2.45) is 0 Å². The number of aryl methyl sites for hydroxylation is 1. The van der Waals surface area contributed by atoms with Crippen molar-refractivity contribution in [3.05, 3.63) is 52.7 Å². The number of methoxy groups -OCH3 is 1. The second-order valence-corrected chi connectivity index (χ2v) is 4.97. The van der Waals surface area contributed by atoms with Gasteiger partial charge in [0.05, 0.1) is 12.8 Å². The molecule has 0 aliphatic carbocycles. The largest absolute Gasteiger partial charge is 0.495 e. The molecule has 0 amide bonds. The van der Waals surface area contributed by atoms with Crippen LogP contribution in [0.15, 0.2) is 41.3 Å². The maximum absolute atomic E-state index is 12.8. The molecule has 8 nitrogen and oxygen atoms in total. The maximum atomic E-state index is 12.8. The zero-order valence-electron chi connectivity index (χ0n) is 12.5. The van der Waals surface area contributed by atoms with Gasteiger partial charge in [-0.3, -0.25) is 9.36 Å². The van der Waals surface area contributed by atoms with Gasteiger partial charge in [0, 0.05) is 6.20 Å². The fourth-order valence-corrected chi connectivity index (χ4v) is 2.52. The van der Waals surface area contributed by atoms with Crippen molar-refractivity contribution in [1.82, 2.24) is 29.4 Å². The molecule has 114 valence electrons. The van der Waals surface area contributed by atoms with Gasteiger partial charge in [-0.25, -0.2) is 0 Å². The molecule has 4 aromatic rings. The minimum atomic E-state index is -0.297. The molecule has 3 heterocycles. The van der Waals surface area contributed by atoms with Crippen molar-refractivity contribution in [2.75, 3.05) is 7.11 Å². The van der Waals surface area contributed by atoms with Gasteiger partial charge in [0.15, 0.2) is 5.52 Å². The van der Waals surface area contributed by atoms with Gasteiger partial charge < -0.3 is 4.74 Å². The molecule has 1 aromatic carbocycles. The van der Waals surface area contributed by atoms with Crippen LogP contribution in [-0.2, 0) is 0 Å². The number of fused-ring (bicyclic) bond motifs is 3. The fourth-order valence-electron chi connectivity index (χ4n) is 2.52. The van der Waals surface area contributed by atoms with E-state index in [2.05, 4.69) is 20.3 Å². The van der Waals surface area contributed by atoms with Crippen LogP contribution in [0.5, 0.6) is 5.75 Å². The van der Waals surface area contributed by atoms with Crippen molar-refractivity contribution in [1.29, 1.82) is 0 Å². The molecule has 0 radical (unpaired) electrons. The number of aromatic nitrogens is 6. The zero-order valence-corrected chi connectivity index (χ0v) is 12.5. The lowest BCUT2D eigenvalue weighted by Gasteiger charge is -2.11. The molecule has 0 unspecified atom stereocenters. The number of nitrogens with zero attached hydrogens (tertiary/aromatic N) is 6. The highest BCUT2D eigenvalue weighted by atomic mass is 16.5. The predicted octanol–water partition coefficient (Wildman–Crippen LogP) is 1.14. The van der Waals surface area contributed by atoms with Gasteiger partial charge in [-0.1, -0.05) is 12.1 Å². The number of ether oxygens (including phenoxy) is 1. The quantitative estimate of drug-likeness (QED) is 0.552. The first-order valence-electron chi connectivity index (χ1n) is 6.94. The topological polar surface area (TPSA) is 87.2 Å². The first-order valence-corrected chi connectivity index (χ1v) is 6.94. The molecule has 0 spiro atoms. The fraction of sp³-hybridized carbons (Fsp3) is 0.133. The van der Waals surface area contributed by atoms with E-state index in [1.807, 2.05) is 12.1 Å². The number of hydrogen-bond acceptors (Lipinski definition) is 6. The molecule has 0 atom stereocenters. The van der Waals surface area contributed by atoms with Crippen LogP contribution in [0.1, 0.15) is 5.82 Å². The van der Waals surface area contributed by atoms with Crippen LogP contribution >= 0.6 is 0 Å². The molecule has 0 N–H and O–H groups in total. The third-order valence-corrected chi connectivity index (χ3v) is 3.55. The van der Waals surface area contributed by atoms with Gasteiger partial charge in [-0.05, 0) is 25.1 Å². The molecule has 3 aromatic heterocycles. The standard InChI is InChI=1S/C15H12N6O2/c1-9-16-15-18-17-13-11(21(15)19-9)7-8-20(14(13)22)10-5-3-4-6-12(10)23-2/h3-8H,1-2H3. The van der Waals surface area contributed by atoms with Gasteiger partial charge in [-0.2, -0.15) is 9.50 Å². The van der Waals surface area contributed by atoms with Crippen LogP contribution < -0.4 is 10.3 Å². The average Bonchev–Trinajstić information content (AvgIpc) is 2.96. The highest BCUT2D eigenvalue weighted by Gasteiger charge is 2.13. The minimum absolute atomic E-state index is 0.218. The van der Waals surface area contributed by atoms with Gasteiger partial charge in [-0.15, -0.1) is 15.3 Å². The molecule has 0 fully saturated rings. The molecular weight excluding hydrogens is 296 g/mol. The predicted molar refractivity (Wildman–Crippen MR) is 83.0 cm³/mol. The summed E-state index contributed by atoms with van der Waals surface area (Å²) in [6, 6.07) is 9.04. The summed E-state index contributed by atoms with van der Waals surface area (Å²) in [6.07, 6.45) is 1.67. The Kier molecular flexibility index (Phi) is 2.83. The Balaban J connectivity index is 2.05. The summed E-state index contributed by atoms with van der Waals surface area (Å²) in [5.41, 5.74) is 1.12. The van der Waals surface area contributed by atoms with E-state index < -0.39 is 0 Å². The van der Waals surface area contributed by atoms with Gasteiger partial charge in [0.2, 0.25) is 0 Å². The molecule has 0 saturated heterocycles. The van der Waals surface area contributed by atoms with Crippen molar-refractivity contribution < 1.29 is 4.74 Å². The van der Waals surface area contributed by atoms with Crippen LogP contribution in [0.4, 0.5) is 0 Å². The minimum Gasteiger partial charge on any atom is -0.495 e. The summed E-state index contributed by atoms with van der Waals surface area (Å²) in [5.74, 6) is 1.53. The second kappa shape index (κ2) is 4.87. The monoisotopic (exact) mass is 308 g/mol. The number of rotatable bonds is 2. The van der Waals surface area contributed by atoms with Crippen LogP contribution in [0, 0.1) is 6.92 Å². The molecule has 0 aliphatic rings. The van der Waals surface area contributed by atoms with Gasteiger partial charge in [0.25, 0.3) is 11.3 Å². The van der Waals surface area contributed by atoms with Gasteiger partial charge in [0.1, 0.15) is 17.1 Å². The number of para-hydroxylation sites is 2.